The number of aromatic amines is 1. The Labute approximate surface area is 161 Å². The van der Waals surface area contributed by atoms with Crippen LogP contribution in [0.25, 0.3) is 21.5 Å². The summed E-state index contributed by atoms with van der Waals surface area (Å²) in [5.74, 6) is 0. The highest BCUT2D eigenvalue weighted by Gasteiger charge is 2.09. The maximum Gasteiger partial charge on any atom is 0.206 e. The molecule has 0 aliphatic rings. The molecule has 0 amide bonds. The summed E-state index contributed by atoms with van der Waals surface area (Å²) in [7, 11) is 0. The van der Waals surface area contributed by atoms with Crippen LogP contribution in [-0.4, -0.2) is 33.5 Å². The molecule has 0 atom stereocenters. The monoisotopic (exact) mass is 386 g/mol. The van der Waals surface area contributed by atoms with E-state index in [1.807, 2.05) is 37.3 Å². The Bertz CT molecular complexity index is 982. The van der Waals surface area contributed by atoms with Crippen LogP contribution >= 0.6 is 23.7 Å². The third kappa shape index (κ3) is 3.95. The van der Waals surface area contributed by atoms with Gasteiger partial charge in [-0.25, -0.2) is 0 Å². The maximum absolute atomic E-state index is 4.30. The molecule has 134 valence electrons. The molecule has 26 heavy (non-hydrogen) atoms. The first kappa shape index (κ1) is 18.2. The first-order valence-corrected chi connectivity index (χ1v) is 8.92. The predicted octanol–water partition coefficient (Wildman–Crippen LogP) is 4.34. The summed E-state index contributed by atoms with van der Waals surface area (Å²) in [5.41, 5.74) is 4.21. The number of H-pyrrole nitrogens is 1. The lowest BCUT2D eigenvalue weighted by Gasteiger charge is -2.06. The molecule has 2 heterocycles. The van der Waals surface area contributed by atoms with Gasteiger partial charge in [-0.05, 0) is 37.3 Å². The van der Waals surface area contributed by atoms with Gasteiger partial charge < -0.3 is 10.6 Å². The van der Waals surface area contributed by atoms with E-state index >= 15 is 0 Å². The Hall–Kier alpha value is -2.64. The van der Waals surface area contributed by atoms with Crippen LogP contribution in [-0.2, 0) is 0 Å². The van der Waals surface area contributed by atoms with E-state index in [9.17, 15) is 0 Å². The van der Waals surface area contributed by atoms with Gasteiger partial charge in [0.15, 0.2) is 0 Å². The van der Waals surface area contributed by atoms with E-state index in [0.717, 1.165) is 51.1 Å². The number of para-hydroxylation sites is 1. The van der Waals surface area contributed by atoms with Gasteiger partial charge in [0.05, 0.1) is 5.52 Å². The van der Waals surface area contributed by atoms with Gasteiger partial charge in [-0.15, -0.1) is 22.6 Å². The van der Waals surface area contributed by atoms with Crippen LogP contribution in [0, 0.1) is 6.92 Å². The molecule has 0 fully saturated rings. The standard InChI is InChI=1S/C18H18N6S.ClH/c1-12-15-11-13(7-8-16(15)22-21-12)17-23-24-18(25-17)20-10-9-19-14-5-3-2-4-6-14;/h2-8,11,19H,9-10H2,1H3,(H,20,24)(H,21,22);1H. The second kappa shape index (κ2) is 8.16. The largest absolute Gasteiger partial charge is 0.383 e. The zero-order chi connectivity index (χ0) is 17.1. The summed E-state index contributed by atoms with van der Waals surface area (Å²) in [4.78, 5) is 0. The lowest BCUT2D eigenvalue weighted by molar-refractivity contribution is 1.03. The lowest BCUT2D eigenvalue weighted by atomic mass is 10.1. The lowest BCUT2D eigenvalue weighted by Crippen LogP contribution is -2.13. The highest BCUT2D eigenvalue weighted by atomic mass is 35.5. The van der Waals surface area contributed by atoms with Crippen molar-refractivity contribution in [3.63, 3.8) is 0 Å². The molecule has 0 aliphatic heterocycles. The summed E-state index contributed by atoms with van der Waals surface area (Å²) in [5, 5.41) is 25.3. The van der Waals surface area contributed by atoms with Crippen molar-refractivity contribution in [2.75, 3.05) is 23.7 Å². The van der Waals surface area contributed by atoms with E-state index in [4.69, 9.17) is 0 Å². The van der Waals surface area contributed by atoms with E-state index in [1.54, 1.807) is 11.3 Å². The topological polar surface area (TPSA) is 78.5 Å². The fourth-order valence-electron chi connectivity index (χ4n) is 2.61. The number of benzene rings is 2. The zero-order valence-electron chi connectivity index (χ0n) is 14.2. The number of nitrogens with one attached hydrogen (secondary N) is 3. The third-order valence-corrected chi connectivity index (χ3v) is 4.85. The number of anilines is 2. The van der Waals surface area contributed by atoms with Crippen molar-refractivity contribution in [1.29, 1.82) is 0 Å². The summed E-state index contributed by atoms with van der Waals surface area (Å²) >= 11 is 1.56. The quantitative estimate of drug-likeness (QED) is 0.430. The molecule has 6 nitrogen and oxygen atoms in total. The average Bonchev–Trinajstić information content (AvgIpc) is 3.27. The molecule has 0 aliphatic carbocycles. The summed E-state index contributed by atoms with van der Waals surface area (Å²) < 4.78 is 0. The number of hydrogen-bond acceptors (Lipinski definition) is 6. The van der Waals surface area contributed by atoms with Crippen LogP contribution in [0.15, 0.2) is 48.5 Å². The van der Waals surface area contributed by atoms with Gasteiger partial charge in [-0.2, -0.15) is 5.10 Å². The van der Waals surface area contributed by atoms with Gasteiger partial charge >= 0.3 is 0 Å². The molecule has 3 N–H and O–H groups in total. The highest BCUT2D eigenvalue weighted by Crippen LogP contribution is 2.29. The van der Waals surface area contributed by atoms with Crippen LogP contribution in [0.3, 0.4) is 0 Å². The molecule has 0 bridgehead atoms. The second-order valence-electron chi connectivity index (χ2n) is 5.71. The Morgan fingerprint density at radius 3 is 2.65 bits per heavy atom. The number of nitrogens with zero attached hydrogens (tertiary/aromatic N) is 3. The van der Waals surface area contributed by atoms with Gasteiger partial charge in [-0.1, -0.05) is 29.5 Å². The molecule has 4 rings (SSSR count). The minimum atomic E-state index is 0. The normalized spacial score (nSPS) is 10.5. The van der Waals surface area contributed by atoms with Gasteiger partial charge in [0.25, 0.3) is 0 Å². The van der Waals surface area contributed by atoms with Crippen LogP contribution in [0.4, 0.5) is 10.8 Å². The summed E-state index contributed by atoms with van der Waals surface area (Å²) in [6, 6.07) is 16.3. The molecular weight excluding hydrogens is 368 g/mol. The SMILES string of the molecule is Cc1[nH]nc2ccc(-c3nnc(NCCNc4ccccc4)s3)cc12.Cl. The zero-order valence-corrected chi connectivity index (χ0v) is 15.8. The van der Waals surface area contributed by atoms with Crippen molar-refractivity contribution in [3.05, 3.63) is 54.2 Å². The van der Waals surface area contributed by atoms with Gasteiger partial charge in [0.1, 0.15) is 5.01 Å². The number of aryl methyl sites for hydroxylation is 1. The molecule has 0 radical (unpaired) electrons. The highest BCUT2D eigenvalue weighted by molar-refractivity contribution is 7.18. The minimum Gasteiger partial charge on any atom is -0.383 e. The molecule has 2 aromatic heterocycles. The van der Waals surface area contributed by atoms with Crippen molar-refractivity contribution in [1.82, 2.24) is 20.4 Å². The van der Waals surface area contributed by atoms with Crippen LogP contribution in [0.2, 0.25) is 0 Å². The van der Waals surface area contributed by atoms with E-state index in [1.165, 1.54) is 0 Å². The van der Waals surface area contributed by atoms with E-state index < -0.39 is 0 Å². The maximum atomic E-state index is 4.30. The molecule has 0 saturated carbocycles. The fraction of sp³-hybridized carbons (Fsp3) is 0.167. The molecule has 0 spiro atoms. The van der Waals surface area contributed by atoms with Crippen molar-refractivity contribution < 1.29 is 0 Å². The molecule has 4 aromatic rings. The van der Waals surface area contributed by atoms with Crippen molar-refractivity contribution in [2.24, 2.45) is 0 Å². The summed E-state index contributed by atoms with van der Waals surface area (Å²) in [6.45, 7) is 3.62. The third-order valence-electron chi connectivity index (χ3n) is 3.92. The first-order chi connectivity index (χ1) is 12.3. The fourth-order valence-corrected chi connectivity index (χ4v) is 3.38. The number of fused-ring (bicyclic) bond motifs is 1. The number of rotatable bonds is 6. The van der Waals surface area contributed by atoms with Crippen LogP contribution < -0.4 is 10.6 Å². The molecule has 0 saturated heterocycles. The van der Waals surface area contributed by atoms with E-state index in [-0.39, 0.29) is 12.4 Å². The average molecular weight is 387 g/mol. The predicted molar refractivity (Wildman–Crippen MR) is 110 cm³/mol. The Balaban J connectivity index is 0.00000196. The Morgan fingerprint density at radius 2 is 1.81 bits per heavy atom. The Kier molecular flexibility index (Phi) is 5.70. The van der Waals surface area contributed by atoms with Crippen molar-refractivity contribution in [3.8, 4) is 10.6 Å². The molecule has 8 heteroatoms. The minimum absolute atomic E-state index is 0. The van der Waals surface area contributed by atoms with Crippen LogP contribution in [0.1, 0.15) is 5.69 Å². The van der Waals surface area contributed by atoms with E-state index in [2.05, 4.69) is 49.2 Å². The van der Waals surface area contributed by atoms with Crippen molar-refractivity contribution in [2.45, 2.75) is 6.92 Å². The van der Waals surface area contributed by atoms with Crippen LogP contribution in [0.5, 0.6) is 0 Å². The Morgan fingerprint density at radius 1 is 1.00 bits per heavy atom. The van der Waals surface area contributed by atoms with Gasteiger partial charge in [-0.3, -0.25) is 5.10 Å². The number of aromatic nitrogens is 4. The molecule has 2 aromatic carbocycles. The van der Waals surface area contributed by atoms with Gasteiger partial charge in [0, 0.05) is 35.4 Å². The van der Waals surface area contributed by atoms with Gasteiger partial charge in [0.2, 0.25) is 5.13 Å². The molecule has 0 unspecified atom stereocenters. The number of hydrogen-bond donors (Lipinski definition) is 3. The second-order valence-corrected chi connectivity index (χ2v) is 6.69. The molecular formula is C18H19ClN6S. The van der Waals surface area contributed by atoms with Crippen molar-refractivity contribution >= 4 is 45.5 Å². The summed E-state index contributed by atoms with van der Waals surface area (Å²) in [6.07, 6.45) is 0. The smallest absolute Gasteiger partial charge is 0.206 e. The first-order valence-electron chi connectivity index (χ1n) is 8.11. The van der Waals surface area contributed by atoms with E-state index in [0.29, 0.717) is 0 Å². The number of halogens is 1.